The Hall–Kier alpha value is -0.900. The number of nitrogens with one attached hydrogen (secondary N) is 1. The molecule has 0 aromatic heterocycles. The maximum absolute atomic E-state index is 5.43. The quantitative estimate of drug-likeness (QED) is 0.632. The molecule has 0 aliphatic heterocycles. The predicted octanol–water partition coefficient (Wildman–Crippen LogP) is 2.96. The molecule has 0 heterocycles. The molecule has 0 saturated carbocycles. The molecule has 3 nitrogen and oxygen atoms in total. The van der Waals surface area contributed by atoms with Crippen molar-refractivity contribution in [3.05, 3.63) is 35.4 Å². The van der Waals surface area contributed by atoms with Crippen LogP contribution in [0, 0.1) is 6.92 Å². The maximum Gasteiger partial charge on any atom is 0.0700 e. The minimum absolute atomic E-state index is 0.550. The topological polar surface area (TPSA) is 30.5 Å². The van der Waals surface area contributed by atoms with Gasteiger partial charge < -0.3 is 14.8 Å². The van der Waals surface area contributed by atoms with Gasteiger partial charge in [-0.3, -0.25) is 0 Å². The Kier molecular flexibility index (Phi) is 9.29. The molecular formula is C17H29NO2. The van der Waals surface area contributed by atoms with E-state index in [4.69, 9.17) is 9.47 Å². The lowest BCUT2D eigenvalue weighted by molar-refractivity contribution is 0.0693. The van der Waals surface area contributed by atoms with Gasteiger partial charge in [-0.15, -0.1) is 0 Å². The Balaban J connectivity index is 2.01. The third-order valence-corrected chi connectivity index (χ3v) is 3.34. The maximum atomic E-state index is 5.43. The minimum atomic E-state index is 0.550. The molecule has 1 aromatic carbocycles. The van der Waals surface area contributed by atoms with Crippen LogP contribution in [0.1, 0.15) is 30.9 Å². The summed E-state index contributed by atoms with van der Waals surface area (Å²) in [6, 6.07) is 9.32. The van der Waals surface area contributed by atoms with Crippen molar-refractivity contribution in [3.8, 4) is 0 Å². The van der Waals surface area contributed by atoms with Crippen LogP contribution in [-0.2, 0) is 15.9 Å². The first-order valence-electron chi connectivity index (χ1n) is 7.58. The van der Waals surface area contributed by atoms with E-state index >= 15 is 0 Å². The third kappa shape index (κ3) is 8.31. The Morgan fingerprint density at radius 3 is 2.80 bits per heavy atom. The van der Waals surface area contributed by atoms with Crippen molar-refractivity contribution >= 4 is 0 Å². The van der Waals surface area contributed by atoms with E-state index in [-0.39, 0.29) is 0 Å². The molecule has 1 rings (SSSR count). The number of benzene rings is 1. The lowest BCUT2D eigenvalue weighted by Crippen LogP contribution is -2.28. The number of methoxy groups -OCH3 is 1. The van der Waals surface area contributed by atoms with Gasteiger partial charge in [-0.25, -0.2) is 0 Å². The third-order valence-electron chi connectivity index (χ3n) is 3.34. The van der Waals surface area contributed by atoms with Crippen LogP contribution in [-0.4, -0.2) is 39.5 Å². The van der Waals surface area contributed by atoms with E-state index in [0.29, 0.717) is 19.3 Å². The second kappa shape index (κ2) is 10.8. The standard InChI is InChI=1S/C17H29NO2/c1-15-6-4-7-17(14-15)9-8-16(2)18-10-5-11-20-13-12-19-3/h4,6-7,14,16,18H,5,8-13H2,1-3H3. The average Bonchev–Trinajstić information content (AvgIpc) is 2.44. The van der Waals surface area contributed by atoms with Gasteiger partial charge in [0.25, 0.3) is 0 Å². The van der Waals surface area contributed by atoms with Gasteiger partial charge >= 0.3 is 0 Å². The highest BCUT2D eigenvalue weighted by atomic mass is 16.5. The van der Waals surface area contributed by atoms with Gasteiger partial charge in [-0.1, -0.05) is 29.8 Å². The van der Waals surface area contributed by atoms with Crippen LogP contribution in [0.4, 0.5) is 0 Å². The molecule has 0 aliphatic rings. The molecule has 0 spiro atoms. The first kappa shape index (κ1) is 17.2. The summed E-state index contributed by atoms with van der Waals surface area (Å²) in [5.41, 5.74) is 2.78. The highest BCUT2D eigenvalue weighted by molar-refractivity contribution is 5.22. The van der Waals surface area contributed by atoms with Crippen LogP contribution in [0.2, 0.25) is 0 Å². The van der Waals surface area contributed by atoms with Crippen molar-refractivity contribution < 1.29 is 9.47 Å². The predicted molar refractivity (Wildman–Crippen MR) is 84.3 cm³/mol. The summed E-state index contributed by atoms with van der Waals surface area (Å²) >= 11 is 0. The SMILES string of the molecule is COCCOCCCNC(C)CCc1cccc(C)c1. The van der Waals surface area contributed by atoms with E-state index < -0.39 is 0 Å². The lowest BCUT2D eigenvalue weighted by atomic mass is 10.0. The van der Waals surface area contributed by atoms with Crippen molar-refractivity contribution in [2.24, 2.45) is 0 Å². The molecule has 1 unspecified atom stereocenters. The van der Waals surface area contributed by atoms with E-state index in [1.165, 1.54) is 17.5 Å². The van der Waals surface area contributed by atoms with Crippen molar-refractivity contribution in [1.29, 1.82) is 0 Å². The molecule has 0 amide bonds. The van der Waals surface area contributed by atoms with Crippen molar-refractivity contribution in [2.75, 3.05) is 33.5 Å². The highest BCUT2D eigenvalue weighted by Crippen LogP contribution is 2.08. The number of ether oxygens (including phenoxy) is 2. The minimum Gasteiger partial charge on any atom is -0.382 e. The van der Waals surface area contributed by atoms with Crippen LogP contribution in [0.25, 0.3) is 0 Å². The van der Waals surface area contributed by atoms with Crippen molar-refractivity contribution in [3.63, 3.8) is 0 Å². The summed E-state index contributed by atoms with van der Waals surface area (Å²) in [6.45, 7) is 7.60. The van der Waals surface area contributed by atoms with Crippen molar-refractivity contribution in [2.45, 2.75) is 39.2 Å². The summed E-state index contributed by atoms with van der Waals surface area (Å²) in [5, 5.41) is 3.55. The van der Waals surface area contributed by atoms with Crippen LogP contribution in [0.15, 0.2) is 24.3 Å². The zero-order valence-corrected chi connectivity index (χ0v) is 13.2. The van der Waals surface area contributed by atoms with Gasteiger partial charge in [0, 0.05) is 19.8 Å². The normalized spacial score (nSPS) is 12.6. The summed E-state index contributed by atoms with van der Waals surface area (Å²) in [5.74, 6) is 0. The molecular weight excluding hydrogens is 250 g/mol. The lowest BCUT2D eigenvalue weighted by Gasteiger charge is -2.14. The highest BCUT2D eigenvalue weighted by Gasteiger charge is 2.02. The molecule has 1 N–H and O–H groups in total. The summed E-state index contributed by atoms with van der Waals surface area (Å²) in [6.07, 6.45) is 3.37. The zero-order chi connectivity index (χ0) is 14.6. The molecule has 1 atom stereocenters. The van der Waals surface area contributed by atoms with E-state index in [9.17, 15) is 0 Å². The molecule has 0 saturated heterocycles. The Morgan fingerprint density at radius 1 is 1.20 bits per heavy atom. The van der Waals surface area contributed by atoms with E-state index in [1.54, 1.807) is 7.11 Å². The molecule has 0 bridgehead atoms. The molecule has 0 fully saturated rings. The van der Waals surface area contributed by atoms with Crippen molar-refractivity contribution in [1.82, 2.24) is 5.32 Å². The second-order valence-electron chi connectivity index (χ2n) is 5.34. The fourth-order valence-corrected chi connectivity index (χ4v) is 2.12. The first-order chi connectivity index (χ1) is 9.72. The smallest absolute Gasteiger partial charge is 0.0700 e. The summed E-state index contributed by atoms with van der Waals surface area (Å²) in [7, 11) is 1.70. The first-order valence-corrected chi connectivity index (χ1v) is 7.58. The number of hydrogen-bond acceptors (Lipinski definition) is 3. The molecule has 0 radical (unpaired) electrons. The van der Waals surface area contributed by atoms with Gasteiger partial charge in [0.1, 0.15) is 0 Å². The number of aryl methyl sites for hydroxylation is 2. The van der Waals surface area contributed by atoms with E-state index in [0.717, 1.165) is 26.0 Å². The summed E-state index contributed by atoms with van der Waals surface area (Å²) in [4.78, 5) is 0. The Morgan fingerprint density at radius 2 is 2.05 bits per heavy atom. The van der Waals surface area contributed by atoms with Gasteiger partial charge in [0.05, 0.1) is 13.2 Å². The number of hydrogen-bond donors (Lipinski definition) is 1. The molecule has 0 aliphatic carbocycles. The van der Waals surface area contributed by atoms with Gasteiger partial charge in [-0.05, 0) is 45.2 Å². The van der Waals surface area contributed by atoms with Crippen LogP contribution in [0.5, 0.6) is 0 Å². The van der Waals surface area contributed by atoms with Crippen LogP contribution in [0.3, 0.4) is 0 Å². The molecule has 3 heteroatoms. The molecule has 20 heavy (non-hydrogen) atoms. The largest absolute Gasteiger partial charge is 0.382 e. The molecule has 1 aromatic rings. The van der Waals surface area contributed by atoms with E-state index in [2.05, 4.69) is 43.4 Å². The Labute approximate surface area is 123 Å². The van der Waals surface area contributed by atoms with Gasteiger partial charge in [0.15, 0.2) is 0 Å². The fraction of sp³-hybridized carbons (Fsp3) is 0.647. The monoisotopic (exact) mass is 279 g/mol. The average molecular weight is 279 g/mol. The zero-order valence-electron chi connectivity index (χ0n) is 13.2. The second-order valence-corrected chi connectivity index (χ2v) is 5.34. The summed E-state index contributed by atoms with van der Waals surface area (Å²) < 4.78 is 10.4. The van der Waals surface area contributed by atoms with Crippen LogP contribution < -0.4 is 5.32 Å². The number of rotatable bonds is 11. The van der Waals surface area contributed by atoms with E-state index in [1.807, 2.05) is 0 Å². The molecule has 114 valence electrons. The van der Waals surface area contributed by atoms with Crippen LogP contribution >= 0.6 is 0 Å². The van der Waals surface area contributed by atoms with Gasteiger partial charge in [0.2, 0.25) is 0 Å². The Bertz CT molecular complexity index is 355. The fourth-order valence-electron chi connectivity index (χ4n) is 2.12. The van der Waals surface area contributed by atoms with Gasteiger partial charge in [-0.2, -0.15) is 0 Å².